The molecule has 0 fully saturated rings. The molecule has 39 heavy (non-hydrogen) atoms. The summed E-state index contributed by atoms with van der Waals surface area (Å²) in [4.78, 5) is 35.2. The van der Waals surface area contributed by atoms with E-state index in [-0.39, 0.29) is 5.41 Å². The largest absolute Gasteiger partial charge is 0.304 e. The first kappa shape index (κ1) is 39.1. The molecule has 0 aliphatic heterocycles. The molecule has 0 N–H and O–H groups in total. The van der Waals surface area contributed by atoms with E-state index in [2.05, 4.69) is 74.5 Å². The Morgan fingerprint density at radius 2 is 0.487 bits per heavy atom. The molecule has 4 aromatic rings. The minimum atomic E-state index is 0.0858. The van der Waals surface area contributed by atoms with Gasteiger partial charge in [-0.05, 0) is 38.8 Å². The summed E-state index contributed by atoms with van der Waals surface area (Å²) in [5, 5.41) is 0. The Hall–Kier alpha value is -4.44. The Labute approximate surface area is 235 Å². The van der Waals surface area contributed by atoms with E-state index in [1.54, 1.807) is 0 Å². The van der Waals surface area contributed by atoms with Crippen LogP contribution < -0.4 is 0 Å². The van der Waals surface area contributed by atoms with Crippen molar-refractivity contribution in [3.8, 4) is 0 Å². The van der Waals surface area contributed by atoms with E-state index >= 15 is 0 Å². The van der Waals surface area contributed by atoms with E-state index in [1.165, 1.54) is 38.8 Å². The van der Waals surface area contributed by atoms with Gasteiger partial charge < -0.3 is 19.2 Å². The summed E-state index contributed by atoms with van der Waals surface area (Å²) >= 11 is 0. The molecule has 0 aliphatic carbocycles. The van der Waals surface area contributed by atoms with Crippen molar-refractivity contribution in [1.82, 2.24) is 0 Å². The van der Waals surface area contributed by atoms with Gasteiger partial charge in [-0.3, -0.25) is 0 Å². The molecular weight excluding hydrogens is 484 g/mol. The second-order valence-electron chi connectivity index (χ2n) is 7.61. The van der Waals surface area contributed by atoms with Gasteiger partial charge in [-0.1, -0.05) is 147 Å². The highest BCUT2D eigenvalue weighted by molar-refractivity contribution is 5.45. The Bertz CT molecular complexity index is 867. The number of carbonyl (C=O) groups excluding carboxylic acids is 4. The third kappa shape index (κ3) is 26.4. The molecule has 0 atom stereocenters. The van der Waals surface area contributed by atoms with E-state index in [9.17, 15) is 0 Å². The number of aldehydes is 4. The molecule has 0 spiro atoms. The molecule has 0 aliphatic rings. The zero-order chi connectivity index (χ0) is 30.0. The first-order chi connectivity index (χ1) is 18.9. The molecular formula is C35H44O4. The highest BCUT2D eigenvalue weighted by atomic mass is 16.1. The Morgan fingerprint density at radius 1 is 0.359 bits per heavy atom. The molecule has 4 rings (SSSR count). The van der Waals surface area contributed by atoms with Gasteiger partial charge in [0, 0.05) is 5.41 Å². The SMILES string of the molecule is CC(C)(c1ccccc1)c1ccccc1.CC=O.CC=O.CC=O.CC=O.c1ccccc1.c1ccccc1. The van der Waals surface area contributed by atoms with Crippen LogP contribution in [0.5, 0.6) is 0 Å². The van der Waals surface area contributed by atoms with Gasteiger partial charge in [0.2, 0.25) is 0 Å². The quantitative estimate of drug-likeness (QED) is 0.246. The maximum atomic E-state index is 8.81. The molecule has 4 aromatic carbocycles. The van der Waals surface area contributed by atoms with Crippen LogP contribution in [-0.4, -0.2) is 25.1 Å². The normalized spacial score (nSPS) is 8.15. The Morgan fingerprint density at radius 3 is 0.641 bits per heavy atom. The third-order valence-corrected chi connectivity index (χ3v) is 4.32. The lowest BCUT2D eigenvalue weighted by Crippen LogP contribution is -2.18. The monoisotopic (exact) mass is 528 g/mol. The first-order valence-electron chi connectivity index (χ1n) is 12.6. The van der Waals surface area contributed by atoms with Crippen LogP contribution in [0.25, 0.3) is 0 Å². The zero-order valence-electron chi connectivity index (χ0n) is 24.1. The number of rotatable bonds is 2. The average molecular weight is 529 g/mol. The smallest absolute Gasteiger partial charge is 0.116 e. The van der Waals surface area contributed by atoms with E-state index in [4.69, 9.17) is 19.2 Å². The average Bonchev–Trinajstić information content (AvgIpc) is 2.98. The van der Waals surface area contributed by atoms with Gasteiger partial charge in [0.05, 0.1) is 0 Å². The van der Waals surface area contributed by atoms with Crippen LogP contribution in [0.3, 0.4) is 0 Å². The predicted molar refractivity (Wildman–Crippen MR) is 165 cm³/mol. The fraction of sp³-hybridized carbons (Fsp3) is 0.200. The van der Waals surface area contributed by atoms with Crippen LogP contribution >= 0.6 is 0 Å². The van der Waals surface area contributed by atoms with Crippen molar-refractivity contribution >= 4 is 25.1 Å². The first-order valence-corrected chi connectivity index (χ1v) is 12.6. The Balaban J connectivity index is -0.000000451. The maximum absolute atomic E-state index is 8.81. The fourth-order valence-corrected chi connectivity index (χ4v) is 2.65. The summed E-state index contributed by atoms with van der Waals surface area (Å²) in [6, 6.07) is 45.3. The molecule has 0 saturated heterocycles. The number of carbonyl (C=O) groups is 4. The van der Waals surface area contributed by atoms with Crippen molar-refractivity contribution in [3.05, 3.63) is 145 Å². The van der Waals surface area contributed by atoms with Crippen LogP contribution in [0.15, 0.2) is 133 Å². The fourth-order valence-electron chi connectivity index (χ4n) is 2.65. The molecule has 0 radical (unpaired) electrons. The minimum absolute atomic E-state index is 0.0858. The molecule has 0 bridgehead atoms. The highest BCUT2D eigenvalue weighted by Gasteiger charge is 2.21. The van der Waals surface area contributed by atoms with E-state index < -0.39 is 0 Å². The topological polar surface area (TPSA) is 68.3 Å². The number of hydrogen-bond acceptors (Lipinski definition) is 4. The lowest BCUT2D eigenvalue weighted by Gasteiger charge is -2.25. The van der Waals surface area contributed by atoms with Gasteiger partial charge >= 0.3 is 0 Å². The predicted octanol–water partition coefficient (Wildman–Crippen LogP) is 8.21. The van der Waals surface area contributed by atoms with Crippen molar-refractivity contribution in [1.29, 1.82) is 0 Å². The summed E-state index contributed by atoms with van der Waals surface area (Å²) in [7, 11) is 0. The molecule has 4 nitrogen and oxygen atoms in total. The van der Waals surface area contributed by atoms with E-state index in [0.717, 1.165) is 25.1 Å². The number of benzene rings is 4. The minimum Gasteiger partial charge on any atom is -0.304 e. The van der Waals surface area contributed by atoms with Crippen molar-refractivity contribution in [2.75, 3.05) is 0 Å². The van der Waals surface area contributed by atoms with Crippen LogP contribution in [-0.2, 0) is 24.6 Å². The van der Waals surface area contributed by atoms with Crippen molar-refractivity contribution in [2.45, 2.75) is 47.0 Å². The zero-order valence-corrected chi connectivity index (χ0v) is 24.1. The standard InChI is InChI=1S/C15H16.2C6H6.4C2H4O/c1-15(2,13-9-5-3-6-10-13)14-11-7-4-8-12-14;2*1-2-4-6-5-3-1;4*1-2-3/h3-12H,1-2H3;2*1-6H;4*2H,1H3. The van der Waals surface area contributed by atoms with Crippen molar-refractivity contribution in [3.63, 3.8) is 0 Å². The van der Waals surface area contributed by atoms with E-state index in [1.807, 2.05) is 72.8 Å². The lowest BCUT2D eigenvalue weighted by atomic mass is 9.78. The summed E-state index contributed by atoms with van der Waals surface area (Å²) in [5.41, 5.74) is 2.80. The maximum Gasteiger partial charge on any atom is 0.116 e. The van der Waals surface area contributed by atoms with Gasteiger partial charge in [-0.15, -0.1) is 0 Å². The summed E-state index contributed by atoms with van der Waals surface area (Å²) in [6.45, 7) is 10.3. The summed E-state index contributed by atoms with van der Waals surface area (Å²) in [6.07, 6.45) is 3.00. The molecule has 0 heterocycles. The van der Waals surface area contributed by atoms with Gasteiger partial charge in [-0.2, -0.15) is 0 Å². The lowest BCUT2D eigenvalue weighted by molar-refractivity contribution is -0.106. The molecule has 208 valence electrons. The van der Waals surface area contributed by atoms with Gasteiger partial charge in [0.15, 0.2) is 0 Å². The van der Waals surface area contributed by atoms with Crippen LogP contribution in [0.1, 0.15) is 52.7 Å². The second kappa shape index (κ2) is 31.6. The summed E-state index contributed by atoms with van der Waals surface area (Å²) < 4.78 is 0. The van der Waals surface area contributed by atoms with Gasteiger partial charge in [0.1, 0.15) is 25.1 Å². The molecule has 0 aromatic heterocycles. The van der Waals surface area contributed by atoms with Gasteiger partial charge in [-0.25, -0.2) is 0 Å². The van der Waals surface area contributed by atoms with Crippen molar-refractivity contribution in [2.24, 2.45) is 0 Å². The number of hydrogen-bond donors (Lipinski definition) is 0. The van der Waals surface area contributed by atoms with Crippen LogP contribution in [0.4, 0.5) is 0 Å². The summed E-state index contributed by atoms with van der Waals surface area (Å²) in [5.74, 6) is 0. The Kier molecular flexibility index (Phi) is 31.7. The van der Waals surface area contributed by atoms with Gasteiger partial charge in [0.25, 0.3) is 0 Å². The third-order valence-electron chi connectivity index (χ3n) is 4.32. The van der Waals surface area contributed by atoms with E-state index in [0.29, 0.717) is 0 Å². The molecule has 0 amide bonds. The molecule has 4 heteroatoms. The van der Waals surface area contributed by atoms with Crippen molar-refractivity contribution < 1.29 is 19.2 Å². The van der Waals surface area contributed by atoms with Crippen LogP contribution in [0, 0.1) is 0 Å². The molecule has 0 saturated carbocycles. The highest BCUT2D eigenvalue weighted by Crippen LogP contribution is 2.30. The van der Waals surface area contributed by atoms with Crippen LogP contribution in [0.2, 0.25) is 0 Å². The molecule has 0 unspecified atom stereocenters. The second-order valence-corrected chi connectivity index (χ2v) is 7.61.